The number of methoxy groups -OCH3 is 1. The number of aromatic nitrogens is 2. The molecule has 0 saturated heterocycles. The highest BCUT2D eigenvalue weighted by Gasteiger charge is 2.17. The van der Waals surface area contributed by atoms with Crippen LogP contribution in [0.25, 0.3) is 0 Å². The van der Waals surface area contributed by atoms with E-state index in [1.807, 2.05) is 17.9 Å². The van der Waals surface area contributed by atoms with Gasteiger partial charge in [0.05, 0.1) is 22.4 Å². The summed E-state index contributed by atoms with van der Waals surface area (Å²) >= 11 is 3.53. The van der Waals surface area contributed by atoms with Crippen molar-refractivity contribution in [3.63, 3.8) is 0 Å². The molecule has 0 spiro atoms. The first-order valence-electron chi connectivity index (χ1n) is 5.12. The van der Waals surface area contributed by atoms with E-state index >= 15 is 0 Å². The van der Waals surface area contributed by atoms with Crippen LogP contribution < -0.4 is 5.32 Å². The molecule has 1 unspecified atom stereocenters. The van der Waals surface area contributed by atoms with Gasteiger partial charge in [-0.05, 0) is 36.3 Å². The minimum atomic E-state index is 0.279. The van der Waals surface area contributed by atoms with Crippen molar-refractivity contribution in [2.45, 2.75) is 25.9 Å². The van der Waals surface area contributed by atoms with Crippen molar-refractivity contribution in [2.24, 2.45) is 0 Å². The molecule has 5 heteroatoms. The van der Waals surface area contributed by atoms with Gasteiger partial charge in [-0.1, -0.05) is 0 Å². The van der Waals surface area contributed by atoms with Crippen molar-refractivity contribution in [1.82, 2.24) is 15.1 Å². The number of aryl methyl sites for hydroxylation is 1. The number of halogens is 1. The van der Waals surface area contributed by atoms with Gasteiger partial charge in [0.2, 0.25) is 0 Å². The van der Waals surface area contributed by atoms with E-state index < -0.39 is 0 Å². The van der Waals surface area contributed by atoms with E-state index in [0.29, 0.717) is 0 Å². The van der Waals surface area contributed by atoms with Crippen LogP contribution in [0.4, 0.5) is 0 Å². The molecule has 1 aromatic rings. The second-order valence-electron chi connectivity index (χ2n) is 3.32. The summed E-state index contributed by atoms with van der Waals surface area (Å²) in [4.78, 5) is 0. The molecule has 0 aliphatic carbocycles. The van der Waals surface area contributed by atoms with Crippen LogP contribution in [0.3, 0.4) is 0 Å². The summed E-state index contributed by atoms with van der Waals surface area (Å²) in [6, 6.07) is 0.279. The zero-order valence-corrected chi connectivity index (χ0v) is 11.0. The predicted molar refractivity (Wildman–Crippen MR) is 63.9 cm³/mol. The van der Waals surface area contributed by atoms with Gasteiger partial charge in [-0.25, -0.2) is 0 Å². The van der Waals surface area contributed by atoms with Crippen molar-refractivity contribution >= 4 is 15.9 Å². The third kappa shape index (κ3) is 3.03. The smallest absolute Gasteiger partial charge is 0.0696 e. The van der Waals surface area contributed by atoms with Gasteiger partial charge in [0, 0.05) is 20.3 Å². The predicted octanol–water partition coefficient (Wildman–Crippen LogP) is 1.96. The van der Waals surface area contributed by atoms with Gasteiger partial charge in [-0.3, -0.25) is 4.68 Å². The third-order valence-electron chi connectivity index (χ3n) is 2.42. The Kier molecular flexibility index (Phi) is 5.28. The summed E-state index contributed by atoms with van der Waals surface area (Å²) in [5.74, 6) is 0. The number of nitrogens with one attached hydrogen (secondary N) is 1. The number of rotatable bonds is 6. The van der Waals surface area contributed by atoms with Crippen molar-refractivity contribution in [1.29, 1.82) is 0 Å². The molecule has 0 aromatic carbocycles. The maximum absolute atomic E-state index is 5.10. The van der Waals surface area contributed by atoms with Crippen molar-refractivity contribution in [3.8, 4) is 0 Å². The largest absolute Gasteiger partial charge is 0.385 e. The zero-order chi connectivity index (χ0) is 11.3. The van der Waals surface area contributed by atoms with E-state index in [-0.39, 0.29) is 6.04 Å². The van der Waals surface area contributed by atoms with Crippen LogP contribution in [0.1, 0.15) is 25.1 Å². The van der Waals surface area contributed by atoms with Crippen LogP contribution in [0.2, 0.25) is 0 Å². The molecule has 0 aliphatic heterocycles. The van der Waals surface area contributed by atoms with E-state index in [1.165, 1.54) is 5.69 Å². The minimum Gasteiger partial charge on any atom is -0.385 e. The summed E-state index contributed by atoms with van der Waals surface area (Å²) in [7, 11) is 3.68. The van der Waals surface area contributed by atoms with Crippen molar-refractivity contribution in [2.75, 3.05) is 20.8 Å². The second kappa shape index (κ2) is 6.25. The lowest BCUT2D eigenvalue weighted by Crippen LogP contribution is -2.22. The molecule has 0 amide bonds. The first kappa shape index (κ1) is 12.7. The normalized spacial score (nSPS) is 13.1. The first-order chi connectivity index (χ1) is 7.24. The summed E-state index contributed by atoms with van der Waals surface area (Å²) in [6.07, 6.45) is 2.78. The average Bonchev–Trinajstić information content (AvgIpc) is 2.62. The Labute approximate surface area is 99.1 Å². The molecule has 15 heavy (non-hydrogen) atoms. The van der Waals surface area contributed by atoms with Gasteiger partial charge < -0.3 is 10.1 Å². The van der Waals surface area contributed by atoms with Crippen LogP contribution in [-0.2, 0) is 11.3 Å². The topological polar surface area (TPSA) is 39.1 Å². The van der Waals surface area contributed by atoms with Crippen LogP contribution in [0.15, 0.2) is 10.7 Å². The molecule has 4 nitrogen and oxygen atoms in total. The Hall–Kier alpha value is -0.390. The lowest BCUT2D eigenvalue weighted by Gasteiger charge is -2.17. The molecule has 86 valence electrons. The van der Waals surface area contributed by atoms with E-state index in [9.17, 15) is 0 Å². The highest BCUT2D eigenvalue weighted by atomic mass is 79.9. The molecule has 0 aliphatic rings. The first-order valence-corrected chi connectivity index (χ1v) is 5.91. The quantitative estimate of drug-likeness (QED) is 0.863. The maximum atomic E-state index is 5.10. The van der Waals surface area contributed by atoms with Gasteiger partial charge in [0.15, 0.2) is 0 Å². The molecule has 0 fully saturated rings. The lowest BCUT2D eigenvalue weighted by atomic mass is 10.1. The van der Waals surface area contributed by atoms with Crippen molar-refractivity contribution in [3.05, 3.63) is 16.4 Å². The average molecular weight is 276 g/mol. The fourth-order valence-electron chi connectivity index (χ4n) is 1.62. The molecule has 1 aromatic heterocycles. The summed E-state index contributed by atoms with van der Waals surface area (Å²) in [6.45, 7) is 3.71. The van der Waals surface area contributed by atoms with Crippen LogP contribution in [-0.4, -0.2) is 30.5 Å². The molecule has 1 N–H and O–H groups in total. The standard InChI is InChI=1S/C10H18BrN3O/c1-4-14-10(8(11)7-13-14)9(12-2)5-6-15-3/h7,9,12H,4-6H2,1-3H3. The van der Waals surface area contributed by atoms with Gasteiger partial charge in [-0.2, -0.15) is 5.10 Å². The zero-order valence-electron chi connectivity index (χ0n) is 9.46. The number of nitrogens with zero attached hydrogens (tertiary/aromatic N) is 2. The highest BCUT2D eigenvalue weighted by Crippen LogP contribution is 2.25. The SMILES string of the molecule is CCn1ncc(Br)c1C(CCOC)NC. The molecule has 0 radical (unpaired) electrons. The molecule has 1 heterocycles. The summed E-state index contributed by atoms with van der Waals surface area (Å²) in [5.41, 5.74) is 1.19. The summed E-state index contributed by atoms with van der Waals surface area (Å²) < 4.78 is 8.16. The van der Waals surface area contributed by atoms with E-state index in [1.54, 1.807) is 7.11 Å². The van der Waals surface area contributed by atoms with Gasteiger partial charge in [0.25, 0.3) is 0 Å². The molecular weight excluding hydrogens is 258 g/mol. The third-order valence-corrected chi connectivity index (χ3v) is 3.03. The molecule has 1 rings (SSSR count). The van der Waals surface area contributed by atoms with Gasteiger partial charge >= 0.3 is 0 Å². The van der Waals surface area contributed by atoms with E-state index in [2.05, 4.69) is 33.3 Å². The lowest BCUT2D eigenvalue weighted by molar-refractivity contribution is 0.182. The Bertz CT molecular complexity index is 301. The fourth-order valence-corrected chi connectivity index (χ4v) is 2.20. The second-order valence-corrected chi connectivity index (χ2v) is 4.17. The van der Waals surface area contributed by atoms with Gasteiger partial charge in [0.1, 0.15) is 0 Å². The van der Waals surface area contributed by atoms with Crippen LogP contribution in [0.5, 0.6) is 0 Å². The number of hydrogen-bond acceptors (Lipinski definition) is 3. The monoisotopic (exact) mass is 275 g/mol. The molecule has 0 bridgehead atoms. The van der Waals surface area contributed by atoms with Crippen LogP contribution in [0, 0.1) is 0 Å². The van der Waals surface area contributed by atoms with Crippen LogP contribution >= 0.6 is 15.9 Å². The molecular formula is C10H18BrN3O. The van der Waals surface area contributed by atoms with E-state index in [0.717, 1.165) is 24.0 Å². The van der Waals surface area contributed by atoms with E-state index in [4.69, 9.17) is 4.74 Å². The fraction of sp³-hybridized carbons (Fsp3) is 0.700. The Morgan fingerprint density at radius 1 is 1.67 bits per heavy atom. The number of ether oxygens (including phenoxy) is 1. The molecule has 0 saturated carbocycles. The van der Waals surface area contributed by atoms with Crippen molar-refractivity contribution < 1.29 is 4.74 Å². The Morgan fingerprint density at radius 2 is 2.40 bits per heavy atom. The number of hydrogen-bond donors (Lipinski definition) is 1. The summed E-state index contributed by atoms with van der Waals surface area (Å²) in [5, 5.41) is 7.58. The van der Waals surface area contributed by atoms with Gasteiger partial charge in [-0.15, -0.1) is 0 Å². The highest BCUT2D eigenvalue weighted by molar-refractivity contribution is 9.10. The maximum Gasteiger partial charge on any atom is 0.0696 e. The Balaban J connectivity index is 2.84. The molecule has 1 atom stereocenters. The Morgan fingerprint density at radius 3 is 2.93 bits per heavy atom. The minimum absolute atomic E-state index is 0.279.